The number of β-amino-alcohol motifs (C(OH)–C–C–N with tert-alkyl or cyclic N) is 1. The van der Waals surface area contributed by atoms with Crippen molar-refractivity contribution in [2.45, 2.75) is 18.9 Å². The Labute approximate surface area is 121 Å². The van der Waals surface area contributed by atoms with Crippen LogP contribution < -0.4 is 4.90 Å². The van der Waals surface area contributed by atoms with Crippen LogP contribution in [0.4, 0.5) is 5.82 Å². The summed E-state index contributed by atoms with van der Waals surface area (Å²) in [6.07, 6.45) is 3.00. The van der Waals surface area contributed by atoms with Gasteiger partial charge in [0.15, 0.2) is 0 Å². The summed E-state index contributed by atoms with van der Waals surface area (Å²) in [5, 5.41) is 21.4. The third-order valence-corrected chi connectivity index (χ3v) is 4.05. The molecular weight excluding hydrogens is 268 g/mol. The lowest BCUT2D eigenvalue weighted by atomic mass is 10.1. The molecule has 1 aromatic carbocycles. The second kappa shape index (κ2) is 4.60. The fourth-order valence-corrected chi connectivity index (χ4v) is 3.08. The number of nitrogens with zero attached hydrogens (tertiary/aromatic N) is 3. The van der Waals surface area contributed by atoms with Gasteiger partial charge in [0.2, 0.25) is 0 Å². The Morgan fingerprint density at radius 3 is 3.05 bits per heavy atom. The van der Waals surface area contributed by atoms with Crippen molar-refractivity contribution in [1.82, 2.24) is 15.0 Å². The zero-order valence-electron chi connectivity index (χ0n) is 11.5. The van der Waals surface area contributed by atoms with Crippen LogP contribution >= 0.6 is 0 Å². The molecule has 6 nitrogen and oxygen atoms in total. The summed E-state index contributed by atoms with van der Waals surface area (Å²) in [7, 11) is 0. The molecule has 1 atom stereocenters. The molecule has 1 aliphatic heterocycles. The minimum absolute atomic E-state index is 0.219. The smallest absolute Gasteiger partial charge is 0.143 e. The number of phenolic OH excluding ortho intramolecular Hbond substituents is 1. The quantitative estimate of drug-likeness (QED) is 0.634. The summed E-state index contributed by atoms with van der Waals surface area (Å²) in [6, 6.07) is 5.21. The van der Waals surface area contributed by atoms with Gasteiger partial charge in [0.1, 0.15) is 23.5 Å². The molecule has 1 aliphatic rings. The van der Waals surface area contributed by atoms with Gasteiger partial charge >= 0.3 is 0 Å². The number of aliphatic hydroxyl groups is 1. The monoisotopic (exact) mass is 284 g/mol. The Kier molecular flexibility index (Phi) is 2.71. The summed E-state index contributed by atoms with van der Waals surface area (Å²) in [6.45, 7) is 1.45. The van der Waals surface area contributed by atoms with Crippen LogP contribution in [0.5, 0.6) is 5.75 Å². The van der Waals surface area contributed by atoms with Crippen molar-refractivity contribution in [1.29, 1.82) is 0 Å². The van der Waals surface area contributed by atoms with E-state index in [0.717, 1.165) is 47.1 Å². The molecule has 3 N–H and O–H groups in total. The first-order valence-corrected chi connectivity index (χ1v) is 7.11. The summed E-state index contributed by atoms with van der Waals surface area (Å²) in [5.41, 5.74) is 1.67. The van der Waals surface area contributed by atoms with Crippen LogP contribution in [0.25, 0.3) is 21.9 Å². The van der Waals surface area contributed by atoms with Crippen molar-refractivity contribution in [3.63, 3.8) is 0 Å². The molecule has 0 aliphatic carbocycles. The van der Waals surface area contributed by atoms with Gasteiger partial charge in [-0.2, -0.15) is 0 Å². The molecule has 0 bridgehead atoms. The highest BCUT2D eigenvalue weighted by atomic mass is 16.3. The first-order valence-electron chi connectivity index (χ1n) is 7.11. The zero-order valence-corrected chi connectivity index (χ0v) is 11.5. The lowest BCUT2D eigenvalue weighted by Crippen LogP contribution is -2.38. The van der Waals surface area contributed by atoms with Crippen LogP contribution in [-0.2, 0) is 0 Å². The van der Waals surface area contributed by atoms with Gasteiger partial charge in [0.05, 0.1) is 11.5 Å². The predicted octanol–water partition coefficient (Wildman–Crippen LogP) is 1.78. The molecule has 0 radical (unpaired) electrons. The first-order chi connectivity index (χ1) is 10.2. The second-order valence-corrected chi connectivity index (χ2v) is 5.52. The van der Waals surface area contributed by atoms with Gasteiger partial charge in [0.25, 0.3) is 0 Å². The molecule has 108 valence electrons. The molecular formula is C15H16N4O2. The highest BCUT2D eigenvalue weighted by Crippen LogP contribution is 2.33. The molecule has 6 heteroatoms. The first kappa shape index (κ1) is 12.4. The number of aromatic amines is 1. The average Bonchev–Trinajstić information content (AvgIpc) is 2.85. The van der Waals surface area contributed by atoms with Crippen LogP contribution in [0.15, 0.2) is 24.5 Å². The predicted molar refractivity (Wildman–Crippen MR) is 80.5 cm³/mol. The largest absolute Gasteiger partial charge is 0.508 e. The summed E-state index contributed by atoms with van der Waals surface area (Å²) in [4.78, 5) is 14.0. The second-order valence-electron chi connectivity index (χ2n) is 5.52. The van der Waals surface area contributed by atoms with Gasteiger partial charge in [-0.15, -0.1) is 0 Å². The van der Waals surface area contributed by atoms with Crippen molar-refractivity contribution in [3.8, 4) is 5.75 Å². The number of nitrogens with one attached hydrogen (secondary N) is 1. The van der Waals surface area contributed by atoms with Crippen LogP contribution in [0.3, 0.4) is 0 Å². The Morgan fingerprint density at radius 2 is 2.19 bits per heavy atom. The molecule has 0 spiro atoms. The molecule has 3 aromatic rings. The number of aromatic hydroxyl groups is 1. The maximum Gasteiger partial charge on any atom is 0.143 e. The number of benzene rings is 1. The summed E-state index contributed by atoms with van der Waals surface area (Å²) >= 11 is 0. The number of hydrogen-bond donors (Lipinski definition) is 3. The van der Waals surface area contributed by atoms with E-state index in [1.807, 2.05) is 6.07 Å². The van der Waals surface area contributed by atoms with Gasteiger partial charge in [-0.3, -0.25) is 0 Å². The molecule has 21 heavy (non-hydrogen) atoms. The van der Waals surface area contributed by atoms with E-state index in [9.17, 15) is 10.2 Å². The number of phenols is 1. The summed E-state index contributed by atoms with van der Waals surface area (Å²) < 4.78 is 0. The maximum absolute atomic E-state index is 9.89. The zero-order chi connectivity index (χ0) is 14.4. The third kappa shape index (κ3) is 1.99. The molecule has 1 fully saturated rings. The van der Waals surface area contributed by atoms with E-state index in [1.165, 1.54) is 6.33 Å². The van der Waals surface area contributed by atoms with Crippen molar-refractivity contribution >= 4 is 27.8 Å². The number of anilines is 1. The summed E-state index contributed by atoms with van der Waals surface area (Å²) in [5.74, 6) is 1.03. The highest BCUT2D eigenvalue weighted by Gasteiger charge is 2.22. The van der Waals surface area contributed by atoms with E-state index in [2.05, 4.69) is 19.9 Å². The minimum atomic E-state index is -0.317. The number of aromatic nitrogens is 3. The third-order valence-electron chi connectivity index (χ3n) is 4.05. The van der Waals surface area contributed by atoms with Crippen molar-refractivity contribution in [3.05, 3.63) is 24.5 Å². The van der Waals surface area contributed by atoms with E-state index in [4.69, 9.17) is 0 Å². The molecule has 1 unspecified atom stereocenters. The van der Waals surface area contributed by atoms with E-state index in [1.54, 1.807) is 12.1 Å². The van der Waals surface area contributed by atoms with Crippen molar-refractivity contribution in [2.24, 2.45) is 0 Å². The number of H-pyrrole nitrogens is 1. The number of rotatable bonds is 1. The molecule has 1 saturated heterocycles. The number of piperidine rings is 1. The van der Waals surface area contributed by atoms with Gasteiger partial charge in [-0.25, -0.2) is 9.97 Å². The normalized spacial score (nSPS) is 19.5. The fraction of sp³-hybridized carbons (Fsp3) is 0.333. The highest BCUT2D eigenvalue weighted by molar-refractivity contribution is 6.11. The van der Waals surface area contributed by atoms with Gasteiger partial charge < -0.3 is 20.1 Å². The average molecular weight is 284 g/mol. The van der Waals surface area contributed by atoms with Crippen LogP contribution in [0.1, 0.15) is 12.8 Å². The van der Waals surface area contributed by atoms with Crippen LogP contribution in [0.2, 0.25) is 0 Å². The molecule has 0 amide bonds. The van der Waals surface area contributed by atoms with E-state index in [-0.39, 0.29) is 11.9 Å². The topological polar surface area (TPSA) is 85.3 Å². The number of fused-ring (bicyclic) bond motifs is 3. The van der Waals surface area contributed by atoms with Crippen LogP contribution in [0, 0.1) is 0 Å². The Balaban J connectivity index is 1.95. The lowest BCUT2D eigenvalue weighted by Gasteiger charge is -2.31. The number of aliphatic hydroxyl groups excluding tert-OH is 1. The van der Waals surface area contributed by atoms with Gasteiger partial charge in [-0.05, 0) is 31.0 Å². The van der Waals surface area contributed by atoms with E-state index in [0.29, 0.717) is 6.54 Å². The SMILES string of the molecule is Oc1ccc2[nH]c3ncnc(N4CCCC(O)C4)c3c2c1. The lowest BCUT2D eigenvalue weighted by molar-refractivity contribution is 0.154. The van der Waals surface area contributed by atoms with Crippen LogP contribution in [-0.4, -0.2) is 44.4 Å². The minimum Gasteiger partial charge on any atom is -0.508 e. The Bertz CT molecular complexity index is 814. The molecule has 0 saturated carbocycles. The van der Waals surface area contributed by atoms with E-state index >= 15 is 0 Å². The standard InChI is InChI=1S/C15H16N4O2/c20-9-3-4-12-11(6-9)13-14(18-12)16-8-17-15(13)19-5-1-2-10(21)7-19/h3-4,6,8,10,20-21H,1-2,5,7H2,(H,16,17,18). The Morgan fingerprint density at radius 1 is 1.29 bits per heavy atom. The van der Waals surface area contributed by atoms with Crippen molar-refractivity contribution < 1.29 is 10.2 Å². The molecule has 2 aromatic heterocycles. The van der Waals surface area contributed by atoms with E-state index < -0.39 is 0 Å². The number of hydrogen-bond acceptors (Lipinski definition) is 5. The Hall–Kier alpha value is -2.34. The van der Waals surface area contributed by atoms with Gasteiger partial charge in [-0.1, -0.05) is 0 Å². The maximum atomic E-state index is 9.89. The molecule has 3 heterocycles. The van der Waals surface area contributed by atoms with Gasteiger partial charge in [0, 0.05) is 24.0 Å². The van der Waals surface area contributed by atoms with Crippen molar-refractivity contribution in [2.75, 3.05) is 18.0 Å². The molecule has 4 rings (SSSR count). The fourth-order valence-electron chi connectivity index (χ4n) is 3.08.